The summed E-state index contributed by atoms with van der Waals surface area (Å²) in [5.41, 5.74) is 9.31. The average molecular weight is 996 g/mol. The molecule has 5 rings (SSSR count). The molecule has 3 atom stereocenters. The molecule has 388 valence electrons. The molecule has 1 aliphatic heterocycles. The second-order valence-corrected chi connectivity index (χ2v) is 17.8. The predicted octanol–water partition coefficient (Wildman–Crippen LogP) is 3.38. The number of amides is 7. The van der Waals surface area contributed by atoms with Crippen molar-refractivity contribution in [2.75, 3.05) is 77.1 Å². The van der Waals surface area contributed by atoms with Gasteiger partial charge in [-0.25, -0.2) is 14.6 Å². The Labute approximate surface area is 419 Å². The van der Waals surface area contributed by atoms with Gasteiger partial charge in [-0.2, -0.15) is 0 Å². The fraction of sp³-hybridized carbons (Fsp3) is 0.451. The molecule has 0 saturated heterocycles. The highest BCUT2D eigenvalue weighted by molar-refractivity contribution is 6.13. The van der Waals surface area contributed by atoms with Gasteiger partial charge in [0.1, 0.15) is 25.3 Å². The smallest absolute Gasteiger partial charge is 0.409 e. The molecule has 21 nitrogen and oxygen atoms in total. The number of aromatic nitrogens is 1. The lowest BCUT2D eigenvalue weighted by Gasteiger charge is -2.25. The molecule has 0 radical (unpaired) electrons. The van der Waals surface area contributed by atoms with Gasteiger partial charge in [0, 0.05) is 88.4 Å². The third-order valence-corrected chi connectivity index (χ3v) is 11.8. The van der Waals surface area contributed by atoms with E-state index in [1.54, 1.807) is 52.2 Å². The number of fused-ring (bicyclic) bond motifs is 2. The van der Waals surface area contributed by atoms with Crippen LogP contribution >= 0.6 is 0 Å². The second kappa shape index (κ2) is 28.6. The van der Waals surface area contributed by atoms with Gasteiger partial charge in [0.2, 0.25) is 17.7 Å². The Kier molecular flexibility index (Phi) is 22.1. The number of aliphatic hydroxyl groups excluding tert-OH is 1. The maximum absolute atomic E-state index is 13.6. The van der Waals surface area contributed by atoms with E-state index >= 15 is 0 Å². The molecule has 3 aromatic carbocycles. The lowest BCUT2D eigenvalue weighted by atomic mass is 10.0. The molecule has 21 heteroatoms. The number of nitrogens with one attached hydrogen (secondary N) is 6. The van der Waals surface area contributed by atoms with Crippen molar-refractivity contribution in [3.8, 4) is 0 Å². The average Bonchev–Trinajstić information content (AvgIpc) is 3.69. The number of pyridine rings is 1. The van der Waals surface area contributed by atoms with Crippen molar-refractivity contribution < 1.29 is 48.1 Å². The lowest BCUT2D eigenvalue weighted by molar-refractivity contribution is -0.137. The van der Waals surface area contributed by atoms with E-state index in [1.807, 2.05) is 36.4 Å². The van der Waals surface area contributed by atoms with E-state index in [0.717, 1.165) is 32.4 Å². The number of hydrogen-bond acceptors (Lipinski definition) is 15. The molecule has 0 fully saturated rings. The molecular weight excluding hydrogens is 927 g/mol. The summed E-state index contributed by atoms with van der Waals surface area (Å²) < 4.78 is 10.9. The number of carbonyl (C=O) groups is 7. The van der Waals surface area contributed by atoms with Gasteiger partial charge in [0.05, 0.1) is 16.7 Å². The number of rotatable bonds is 29. The van der Waals surface area contributed by atoms with Crippen LogP contribution in [0.4, 0.5) is 21.0 Å². The monoisotopic (exact) mass is 996 g/mol. The van der Waals surface area contributed by atoms with E-state index in [-0.39, 0.29) is 75.9 Å². The number of unbranched alkanes of at least 4 members (excludes halogenated alkanes) is 2. The van der Waals surface area contributed by atoms with Crippen molar-refractivity contribution in [3.63, 3.8) is 0 Å². The van der Waals surface area contributed by atoms with E-state index in [4.69, 9.17) is 20.2 Å². The fourth-order valence-electron chi connectivity index (χ4n) is 7.65. The molecule has 1 unspecified atom stereocenters. The zero-order valence-corrected chi connectivity index (χ0v) is 41.5. The lowest BCUT2D eigenvalue weighted by Crippen LogP contribution is -2.54. The maximum Gasteiger partial charge on any atom is 0.409 e. The first-order valence-electron chi connectivity index (χ1n) is 24.3. The van der Waals surface area contributed by atoms with Crippen LogP contribution in [-0.2, 0) is 40.1 Å². The third-order valence-electron chi connectivity index (χ3n) is 11.8. The van der Waals surface area contributed by atoms with Crippen molar-refractivity contribution in [1.82, 2.24) is 41.0 Å². The number of para-hydroxylation sites is 2. The topological polar surface area (TPSA) is 279 Å². The highest BCUT2D eigenvalue weighted by atomic mass is 16.6. The van der Waals surface area contributed by atoms with Gasteiger partial charge < -0.3 is 51.0 Å². The summed E-state index contributed by atoms with van der Waals surface area (Å²) >= 11 is 0. The van der Waals surface area contributed by atoms with Crippen LogP contribution in [0.3, 0.4) is 0 Å². The van der Waals surface area contributed by atoms with Gasteiger partial charge in [0.25, 0.3) is 11.8 Å². The minimum Gasteiger partial charge on any atom is -0.448 e. The Morgan fingerprint density at radius 1 is 0.736 bits per heavy atom. The van der Waals surface area contributed by atoms with E-state index in [1.165, 1.54) is 22.0 Å². The number of carbonyl (C=O) groups excluding carboxylic acids is 7. The number of anilines is 2. The zero-order valence-electron chi connectivity index (χ0n) is 41.5. The van der Waals surface area contributed by atoms with Gasteiger partial charge in [-0.05, 0) is 68.0 Å². The first kappa shape index (κ1) is 55.7. The van der Waals surface area contributed by atoms with E-state index < -0.39 is 42.4 Å². The fourth-order valence-corrected chi connectivity index (χ4v) is 7.65. The van der Waals surface area contributed by atoms with Gasteiger partial charge >= 0.3 is 12.2 Å². The van der Waals surface area contributed by atoms with Crippen molar-refractivity contribution in [1.29, 1.82) is 0 Å². The Morgan fingerprint density at radius 3 is 1.99 bits per heavy atom. The number of aliphatic hydroxyl groups is 1. The summed E-state index contributed by atoms with van der Waals surface area (Å²) in [6, 6.07) is 20.7. The largest absolute Gasteiger partial charge is 0.448 e. The van der Waals surface area contributed by atoms with Crippen LogP contribution in [0.15, 0.2) is 84.9 Å². The summed E-state index contributed by atoms with van der Waals surface area (Å²) in [5.74, 6) is -2.45. The van der Waals surface area contributed by atoms with Crippen molar-refractivity contribution in [2.24, 2.45) is 11.7 Å². The molecule has 7 amide bonds. The molecule has 0 spiro atoms. The summed E-state index contributed by atoms with van der Waals surface area (Å²) in [5, 5.41) is 29.4. The number of hydrogen-bond donors (Lipinski definition) is 8. The van der Waals surface area contributed by atoms with Crippen molar-refractivity contribution in [2.45, 2.75) is 77.4 Å². The summed E-state index contributed by atoms with van der Waals surface area (Å²) in [7, 11) is 3.15. The number of ether oxygens (including phenoxy) is 2. The summed E-state index contributed by atoms with van der Waals surface area (Å²) in [6.45, 7) is 6.31. The maximum atomic E-state index is 13.6. The number of nitrogens with zero attached hydrogens (tertiary/aromatic N) is 4. The molecule has 72 heavy (non-hydrogen) atoms. The van der Waals surface area contributed by atoms with E-state index in [9.17, 15) is 38.7 Å². The quantitative estimate of drug-likeness (QED) is 0.0168. The molecular formula is C51H69N11O10. The Morgan fingerprint density at radius 2 is 1.36 bits per heavy atom. The number of likely N-dealkylation sites (N-methyl/N-ethyl adjacent to an activating group) is 2. The van der Waals surface area contributed by atoms with Gasteiger partial charge in [-0.15, -0.1) is 0 Å². The van der Waals surface area contributed by atoms with Crippen LogP contribution in [-0.4, -0.2) is 151 Å². The van der Waals surface area contributed by atoms with Crippen LogP contribution in [0.2, 0.25) is 0 Å². The first-order valence-corrected chi connectivity index (χ1v) is 24.3. The highest BCUT2D eigenvalue weighted by Crippen LogP contribution is 2.30. The van der Waals surface area contributed by atoms with Crippen LogP contribution in [0.25, 0.3) is 21.8 Å². The summed E-state index contributed by atoms with van der Waals surface area (Å²) in [4.78, 5) is 97.6. The van der Waals surface area contributed by atoms with E-state index in [0.29, 0.717) is 56.6 Å². The third kappa shape index (κ3) is 17.6. The molecule has 4 aromatic rings. The predicted molar refractivity (Wildman–Crippen MR) is 273 cm³/mol. The molecule has 0 saturated carbocycles. The first-order chi connectivity index (χ1) is 34.6. The minimum atomic E-state index is -1.26. The number of benzene rings is 3. The van der Waals surface area contributed by atoms with Gasteiger partial charge in [-0.3, -0.25) is 39.9 Å². The summed E-state index contributed by atoms with van der Waals surface area (Å²) in [6.07, 6.45) is 2.33. The van der Waals surface area contributed by atoms with Crippen LogP contribution < -0.4 is 37.6 Å². The van der Waals surface area contributed by atoms with Crippen molar-refractivity contribution in [3.05, 3.63) is 90.5 Å². The van der Waals surface area contributed by atoms with Crippen LogP contribution in [0.1, 0.15) is 57.9 Å². The molecule has 9 N–H and O–H groups in total. The molecule has 2 heterocycles. The Bertz CT molecular complexity index is 2430. The minimum absolute atomic E-state index is 0.0626. The van der Waals surface area contributed by atoms with Crippen molar-refractivity contribution >= 4 is 74.9 Å². The normalized spacial score (nSPS) is 13.5. The number of nitrogens with two attached hydrogens (primary N) is 1. The Balaban J connectivity index is 0.987. The van der Waals surface area contributed by atoms with Crippen LogP contribution in [0, 0.1) is 5.92 Å². The SMILES string of the molecule is CC(C)[C@H](NC(=O)CCCCCN1C(=O)C=CC1=O)C(=O)N[C@@H](CCCNC(N)O)C(=O)Nc1ccc(COC(=O)N(C)CCN(C)C(=O)OCCNCCNc2c3ccccc3nc3ccccc23)cc1. The van der Waals surface area contributed by atoms with Gasteiger partial charge in [0.15, 0.2) is 6.35 Å². The molecule has 1 aromatic heterocycles. The standard InChI is InChI=1S/C51H69N11O10/c1-34(2)45(59-42(63)18-6-5-11-29-62-43(64)23-24-44(62)65)48(67)58-41(17-12-25-55-49(52)68)47(66)56-36-21-19-35(20-22-36)33-72-51(70)61(4)31-30-60(3)50(69)71-32-28-53-26-27-54-46-37-13-7-9-15-39(37)57-40-16-10-8-14-38(40)46/h7-10,13-16,19-24,34,41,45,49,53,55,68H,5-6,11-12,17-18,25-33,52H2,1-4H3,(H,54,57)(H,56,66)(H,58,67)(H,59,63)/t41-,45-,49?/m0/s1. The van der Waals surface area contributed by atoms with Crippen LogP contribution in [0.5, 0.6) is 0 Å². The zero-order chi connectivity index (χ0) is 52.0. The Hall–Kier alpha value is -7.20. The second-order valence-electron chi connectivity index (χ2n) is 17.8. The van der Waals surface area contributed by atoms with E-state index in [2.05, 4.69) is 44.0 Å². The number of imide groups is 1. The van der Waals surface area contributed by atoms with Gasteiger partial charge in [-0.1, -0.05) is 68.8 Å². The molecule has 0 bridgehead atoms. The highest BCUT2D eigenvalue weighted by Gasteiger charge is 2.29. The molecule has 0 aliphatic carbocycles. The molecule has 1 aliphatic rings.